The van der Waals surface area contributed by atoms with E-state index in [-0.39, 0.29) is 29.4 Å². The van der Waals surface area contributed by atoms with Gasteiger partial charge in [0.2, 0.25) is 11.8 Å². The Morgan fingerprint density at radius 1 is 0.647 bits per heavy atom. The Kier molecular flexibility index (Phi) is 4.70. The first-order valence-electron chi connectivity index (χ1n) is 11.6. The Bertz CT molecular complexity index is 1290. The van der Waals surface area contributed by atoms with Crippen LogP contribution in [0.5, 0.6) is 0 Å². The highest BCUT2D eigenvalue weighted by molar-refractivity contribution is 6.23. The third kappa shape index (κ3) is 2.95. The lowest BCUT2D eigenvalue weighted by atomic mass is 9.85. The maximum Gasteiger partial charge on any atom is 0.238 e. The first kappa shape index (κ1) is 20.5. The van der Waals surface area contributed by atoms with Crippen LogP contribution in [0.1, 0.15) is 28.4 Å². The van der Waals surface area contributed by atoms with Gasteiger partial charge in [-0.3, -0.25) is 14.4 Å². The molecule has 0 aromatic heterocycles. The number of imide groups is 1. The largest absolute Gasteiger partial charge is 0.295 e. The molecule has 2 aliphatic carbocycles. The van der Waals surface area contributed by atoms with Gasteiger partial charge in [0, 0.05) is 17.4 Å². The molecule has 0 N–H and O–H groups in total. The van der Waals surface area contributed by atoms with Gasteiger partial charge in [0.25, 0.3) is 0 Å². The molecule has 3 aromatic carbocycles. The van der Waals surface area contributed by atoms with E-state index >= 15 is 0 Å². The van der Waals surface area contributed by atoms with Crippen LogP contribution in [0.3, 0.4) is 0 Å². The highest BCUT2D eigenvalue weighted by Crippen LogP contribution is 2.58. The molecule has 6 rings (SSSR count). The van der Waals surface area contributed by atoms with Crippen LogP contribution in [-0.4, -0.2) is 17.6 Å². The number of hydrogen-bond acceptors (Lipinski definition) is 3. The van der Waals surface area contributed by atoms with Crippen molar-refractivity contribution in [1.29, 1.82) is 0 Å². The number of rotatable bonds is 4. The van der Waals surface area contributed by atoms with Crippen LogP contribution < -0.4 is 4.90 Å². The van der Waals surface area contributed by atoms with Crippen molar-refractivity contribution in [2.45, 2.75) is 6.92 Å². The number of carbonyl (C=O) groups is 3. The van der Waals surface area contributed by atoms with E-state index in [2.05, 4.69) is 36.4 Å². The number of anilines is 1. The van der Waals surface area contributed by atoms with Crippen molar-refractivity contribution < 1.29 is 14.4 Å². The molecule has 2 fully saturated rings. The van der Waals surface area contributed by atoms with Crippen LogP contribution in [-0.2, 0) is 9.59 Å². The van der Waals surface area contributed by atoms with Gasteiger partial charge in [-0.25, -0.2) is 4.90 Å². The van der Waals surface area contributed by atoms with Crippen molar-refractivity contribution >= 4 is 28.9 Å². The van der Waals surface area contributed by atoms with Gasteiger partial charge in [0.1, 0.15) is 0 Å². The van der Waals surface area contributed by atoms with Crippen LogP contribution in [0, 0.1) is 23.7 Å². The summed E-state index contributed by atoms with van der Waals surface area (Å²) in [5, 5.41) is 0. The zero-order valence-corrected chi connectivity index (χ0v) is 18.7. The molecule has 1 heterocycles. The summed E-state index contributed by atoms with van der Waals surface area (Å²) in [5.41, 5.74) is 5.57. The van der Waals surface area contributed by atoms with Crippen molar-refractivity contribution in [3.05, 3.63) is 119 Å². The summed E-state index contributed by atoms with van der Waals surface area (Å²) in [4.78, 5) is 40.2. The smallest absolute Gasteiger partial charge is 0.238 e. The zero-order valence-electron chi connectivity index (χ0n) is 18.7. The van der Waals surface area contributed by atoms with Crippen molar-refractivity contribution in [1.82, 2.24) is 0 Å². The molecule has 4 atom stereocenters. The topological polar surface area (TPSA) is 54.5 Å². The maximum absolute atomic E-state index is 13.6. The second-order valence-corrected chi connectivity index (χ2v) is 9.17. The Hall–Kier alpha value is -4.05. The third-order valence-corrected chi connectivity index (χ3v) is 7.36. The molecule has 2 bridgehead atoms. The van der Waals surface area contributed by atoms with Crippen molar-refractivity contribution in [3.63, 3.8) is 0 Å². The van der Waals surface area contributed by atoms with Crippen LogP contribution in [0.15, 0.2) is 103 Å². The lowest BCUT2D eigenvalue weighted by Crippen LogP contribution is -2.33. The molecule has 3 aromatic rings. The summed E-state index contributed by atoms with van der Waals surface area (Å²) < 4.78 is 0. The van der Waals surface area contributed by atoms with Crippen LogP contribution in [0.2, 0.25) is 0 Å². The first-order chi connectivity index (χ1) is 16.6. The molecular formula is C30H23NO3. The van der Waals surface area contributed by atoms with Gasteiger partial charge in [0.05, 0.1) is 17.5 Å². The Balaban J connectivity index is 1.44. The maximum atomic E-state index is 13.6. The predicted molar refractivity (Wildman–Crippen MR) is 131 cm³/mol. The molecule has 0 radical (unpaired) electrons. The third-order valence-electron chi connectivity index (χ3n) is 7.36. The molecule has 3 aliphatic rings. The summed E-state index contributed by atoms with van der Waals surface area (Å²) in [7, 11) is 0. The minimum atomic E-state index is -0.396. The van der Waals surface area contributed by atoms with E-state index in [1.54, 1.807) is 24.3 Å². The minimum Gasteiger partial charge on any atom is -0.295 e. The number of Topliss-reactive ketones (excluding diaryl/α,β-unsaturated/α-hetero) is 1. The summed E-state index contributed by atoms with van der Waals surface area (Å²) in [6.45, 7) is 1.50. The molecule has 1 saturated heterocycles. The summed E-state index contributed by atoms with van der Waals surface area (Å²) in [6.07, 6.45) is 4.22. The lowest BCUT2D eigenvalue weighted by Gasteiger charge is -2.21. The molecule has 2 amide bonds. The minimum absolute atomic E-state index is 0.0473. The van der Waals surface area contributed by atoms with Crippen LogP contribution in [0.25, 0.3) is 5.57 Å². The molecule has 4 heteroatoms. The van der Waals surface area contributed by atoms with Gasteiger partial charge in [-0.15, -0.1) is 0 Å². The Morgan fingerprint density at radius 2 is 1.12 bits per heavy atom. The van der Waals surface area contributed by atoms with Crippen LogP contribution >= 0.6 is 0 Å². The Morgan fingerprint density at radius 3 is 1.56 bits per heavy atom. The zero-order chi connectivity index (χ0) is 23.4. The average Bonchev–Trinajstić information content (AvgIpc) is 3.50. The Labute approximate surface area is 198 Å². The molecule has 1 saturated carbocycles. The average molecular weight is 446 g/mol. The molecular weight excluding hydrogens is 422 g/mol. The second kappa shape index (κ2) is 7.77. The second-order valence-electron chi connectivity index (χ2n) is 9.17. The lowest BCUT2D eigenvalue weighted by molar-refractivity contribution is -0.122. The fraction of sp³-hybridized carbons (Fsp3) is 0.167. The van der Waals surface area contributed by atoms with Gasteiger partial charge in [-0.2, -0.15) is 0 Å². The highest BCUT2D eigenvalue weighted by Gasteiger charge is 2.62. The molecule has 166 valence electrons. The molecule has 34 heavy (non-hydrogen) atoms. The van der Waals surface area contributed by atoms with E-state index in [4.69, 9.17) is 0 Å². The predicted octanol–water partition coefficient (Wildman–Crippen LogP) is 5.31. The standard InChI is InChI=1S/C30H23NO3/c1-18(32)19-12-14-22(15-13-19)31-29(33)27-23-16-17-24(28(27)30(31)34)26(23)25(20-8-4-2-5-9-20)21-10-6-3-7-11-21/h2-17,23-24,27-28H,1H3/t23-,24-,27-,28+/m1/s1. The number of ketones is 1. The van der Waals surface area contributed by atoms with E-state index < -0.39 is 11.8 Å². The molecule has 1 aliphatic heterocycles. The summed E-state index contributed by atoms with van der Waals surface area (Å²) >= 11 is 0. The fourth-order valence-corrected chi connectivity index (χ4v) is 5.91. The SMILES string of the molecule is CC(=O)c1ccc(N2C(=O)[C@@H]3[C@H](C2=O)[C@@H]2C=C[C@@H]3C2=C(c2ccccc2)c2ccccc2)cc1. The van der Waals surface area contributed by atoms with Gasteiger partial charge >= 0.3 is 0 Å². The quantitative estimate of drug-likeness (QED) is 0.311. The first-order valence-corrected chi connectivity index (χ1v) is 11.6. The van der Waals surface area contributed by atoms with Gasteiger partial charge < -0.3 is 0 Å². The number of fused-ring (bicyclic) bond motifs is 5. The molecule has 0 unspecified atom stereocenters. The van der Waals surface area contributed by atoms with E-state index in [9.17, 15) is 14.4 Å². The van der Waals surface area contributed by atoms with Gasteiger partial charge in [-0.1, -0.05) is 72.8 Å². The molecule has 0 spiro atoms. The van der Waals surface area contributed by atoms with Crippen molar-refractivity contribution in [2.75, 3.05) is 4.90 Å². The van der Waals surface area contributed by atoms with Crippen LogP contribution in [0.4, 0.5) is 5.69 Å². The van der Waals surface area contributed by atoms with E-state index in [0.29, 0.717) is 11.3 Å². The number of nitrogens with zero attached hydrogens (tertiary/aromatic N) is 1. The van der Waals surface area contributed by atoms with E-state index in [0.717, 1.165) is 16.7 Å². The van der Waals surface area contributed by atoms with Gasteiger partial charge in [-0.05, 0) is 53.5 Å². The number of amides is 2. The van der Waals surface area contributed by atoms with E-state index in [1.165, 1.54) is 17.4 Å². The van der Waals surface area contributed by atoms with Crippen molar-refractivity contribution in [2.24, 2.45) is 23.7 Å². The number of hydrogen-bond donors (Lipinski definition) is 0. The fourth-order valence-electron chi connectivity index (χ4n) is 5.91. The van der Waals surface area contributed by atoms with E-state index in [1.807, 2.05) is 36.4 Å². The highest BCUT2D eigenvalue weighted by atomic mass is 16.2. The number of allylic oxidation sites excluding steroid dienone is 3. The monoisotopic (exact) mass is 445 g/mol. The molecule has 4 nitrogen and oxygen atoms in total. The number of benzene rings is 3. The summed E-state index contributed by atoms with van der Waals surface area (Å²) in [6, 6.07) is 27.2. The van der Waals surface area contributed by atoms with Crippen molar-refractivity contribution in [3.8, 4) is 0 Å². The summed E-state index contributed by atoms with van der Waals surface area (Å²) in [5.74, 6) is -1.36. The van der Waals surface area contributed by atoms with Gasteiger partial charge in [0.15, 0.2) is 5.78 Å². The number of carbonyl (C=O) groups excluding carboxylic acids is 3. The normalized spacial score (nSPS) is 24.6.